The van der Waals surface area contributed by atoms with Crippen LogP contribution in [0.25, 0.3) is 0 Å². The molecular formula is C10H21Cl2N. The molecule has 0 aliphatic rings. The summed E-state index contributed by atoms with van der Waals surface area (Å²) in [6, 6.07) is 0.502. The summed E-state index contributed by atoms with van der Waals surface area (Å²) in [6.45, 7) is 6.50. The fourth-order valence-electron chi connectivity index (χ4n) is 1.43. The molecule has 0 amide bonds. The Morgan fingerprint density at radius 1 is 1.23 bits per heavy atom. The van der Waals surface area contributed by atoms with E-state index in [-0.39, 0.29) is 5.54 Å². The summed E-state index contributed by atoms with van der Waals surface area (Å²) < 4.78 is 0. The number of rotatable bonds is 7. The summed E-state index contributed by atoms with van der Waals surface area (Å²) in [6.07, 6.45) is 3.35. The van der Waals surface area contributed by atoms with Crippen LogP contribution in [0.15, 0.2) is 0 Å². The molecule has 0 rings (SSSR count). The molecule has 1 atom stereocenters. The molecule has 0 fully saturated rings. The fourth-order valence-corrected chi connectivity index (χ4v) is 2.25. The highest BCUT2D eigenvalue weighted by atomic mass is 35.5. The second-order valence-electron chi connectivity index (χ2n) is 3.74. The van der Waals surface area contributed by atoms with Gasteiger partial charge in [-0.1, -0.05) is 20.3 Å². The van der Waals surface area contributed by atoms with Gasteiger partial charge in [-0.15, -0.1) is 23.2 Å². The molecular weight excluding hydrogens is 205 g/mol. The smallest absolute Gasteiger partial charge is 0.0453 e. The molecule has 0 bridgehead atoms. The minimum Gasteiger partial charge on any atom is -0.307 e. The SMILES string of the molecule is CCCC(C)NC(CC)(CCl)CCl. The highest BCUT2D eigenvalue weighted by Gasteiger charge is 2.27. The normalized spacial score (nSPS) is 14.5. The van der Waals surface area contributed by atoms with Gasteiger partial charge >= 0.3 is 0 Å². The topological polar surface area (TPSA) is 12.0 Å². The van der Waals surface area contributed by atoms with Crippen molar-refractivity contribution in [2.75, 3.05) is 11.8 Å². The number of nitrogens with one attached hydrogen (secondary N) is 1. The average molecular weight is 226 g/mol. The summed E-state index contributed by atoms with van der Waals surface area (Å²) in [4.78, 5) is 0. The minimum atomic E-state index is -0.0717. The first-order valence-corrected chi connectivity index (χ1v) is 6.10. The fraction of sp³-hybridized carbons (Fsp3) is 1.00. The number of hydrogen-bond acceptors (Lipinski definition) is 1. The first-order valence-electron chi connectivity index (χ1n) is 5.03. The third-order valence-corrected chi connectivity index (χ3v) is 3.49. The van der Waals surface area contributed by atoms with Crippen molar-refractivity contribution < 1.29 is 0 Å². The molecule has 0 radical (unpaired) electrons. The zero-order valence-corrected chi connectivity index (χ0v) is 10.4. The van der Waals surface area contributed by atoms with Crippen LogP contribution >= 0.6 is 23.2 Å². The minimum absolute atomic E-state index is 0.0717. The second-order valence-corrected chi connectivity index (χ2v) is 4.27. The Balaban J connectivity index is 4.07. The van der Waals surface area contributed by atoms with Crippen molar-refractivity contribution in [2.24, 2.45) is 0 Å². The van der Waals surface area contributed by atoms with E-state index in [1.54, 1.807) is 0 Å². The summed E-state index contributed by atoms with van der Waals surface area (Å²) >= 11 is 11.8. The van der Waals surface area contributed by atoms with Gasteiger partial charge < -0.3 is 5.32 Å². The van der Waals surface area contributed by atoms with Crippen molar-refractivity contribution in [2.45, 2.75) is 51.6 Å². The summed E-state index contributed by atoms with van der Waals surface area (Å²) in [5.74, 6) is 1.17. The third kappa shape index (κ3) is 4.53. The van der Waals surface area contributed by atoms with E-state index in [1.165, 1.54) is 12.8 Å². The predicted molar refractivity (Wildman–Crippen MR) is 62.0 cm³/mol. The largest absolute Gasteiger partial charge is 0.307 e. The number of alkyl halides is 2. The Kier molecular flexibility index (Phi) is 7.20. The molecule has 0 aromatic carbocycles. The van der Waals surface area contributed by atoms with Crippen LogP contribution in [-0.4, -0.2) is 23.3 Å². The first-order chi connectivity index (χ1) is 6.14. The molecule has 0 saturated carbocycles. The van der Waals surface area contributed by atoms with Gasteiger partial charge in [0.05, 0.1) is 0 Å². The molecule has 0 spiro atoms. The lowest BCUT2D eigenvalue weighted by molar-refractivity contribution is 0.331. The van der Waals surface area contributed by atoms with Crippen molar-refractivity contribution in [3.8, 4) is 0 Å². The van der Waals surface area contributed by atoms with Gasteiger partial charge in [-0.25, -0.2) is 0 Å². The molecule has 0 saturated heterocycles. The first kappa shape index (κ1) is 13.5. The van der Waals surface area contributed by atoms with E-state index < -0.39 is 0 Å². The lowest BCUT2D eigenvalue weighted by atomic mass is 9.99. The van der Waals surface area contributed by atoms with Crippen molar-refractivity contribution in [1.29, 1.82) is 0 Å². The van der Waals surface area contributed by atoms with E-state index in [0.29, 0.717) is 17.8 Å². The number of hydrogen-bond donors (Lipinski definition) is 1. The molecule has 80 valence electrons. The molecule has 1 N–H and O–H groups in total. The van der Waals surface area contributed by atoms with Crippen LogP contribution in [0.5, 0.6) is 0 Å². The van der Waals surface area contributed by atoms with Crippen LogP contribution in [0.1, 0.15) is 40.0 Å². The molecule has 3 heteroatoms. The molecule has 1 nitrogen and oxygen atoms in total. The second kappa shape index (κ2) is 6.92. The summed E-state index contributed by atoms with van der Waals surface area (Å²) in [7, 11) is 0. The van der Waals surface area contributed by atoms with E-state index >= 15 is 0 Å². The number of halogens is 2. The third-order valence-electron chi connectivity index (χ3n) is 2.46. The molecule has 1 unspecified atom stereocenters. The molecule has 0 aliphatic carbocycles. The monoisotopic (exact) mass is 225 g/mol. The maximum absolute atomic E-state index is 5.92. The van der Waals surface area contributed by atoms with Crippen molar-refractivity contribution >= 4 is 23.2 Å². The molecule has 0 aliphatic heterocycles. The van der Waals surface area contributed by atoms with E-state index in [0.717, 1.165) is 6.42 Å². The van der Waals surface area contributed by atoms with Crippen LogP contribution in [0.3, 0.4) is 0 Å². The van der Waals surface area contributed by atoms with Gasteiger partial charge in [0.1, 0.15) is 0 Å². The Hall–Kier alpha value is 0.540. The summed E-state index contributed by atoms with van der Waals surface area (Å²) in [5.41, 5.74) is -0.0717. The van der Waals surface area contributed by atoms with Crippen LogP contribution in [0.2, 0.25) is 0 Å². The molecule has 0 aromatic heterocycles. The van der Waals surface area contributed by atoms with E-state index in [2.05, 4.69) is 26.1 Å². The molecule has 0 heterocycles. The lowest BCUT2D eigenvalue weighted by Crippen LogP contribution is -2.52. The van der Waals surface area contributed by atoms with E-state index in [4.69, 9.17) is 23.2 Å². The van der Waals surface area contributed by atoms with Crippen LogP contribution in [0.4, 0.5) is 0 Å². The average Bonchev–Trinajstić information content (AvgIpc) is 2.15. The zero-order chi connectivity index (χ0) is 10.3. The highest BCUT2D eigenvalue weighted by molar-refractivity contribution is 6.22. The zero-order valence-electron chi connectivity index (χ0n) is 8.87. The van der Waals surface area contributed by atoms with Crippen molar-refractivity contribution in [3.63, 3.8) is 0 Å². The predicted octanol–water partition coefficient (Wildman–Crippen LogP) is 3.39. The van der Waals surface area contributed by atoms with Gasteiger partial charge in [0.15, 0.2) is 0 Å². The Labute approximate surface area is 92.2 Å². The lowest BCUT2D eigenvalue weighted by Gasteiger charge is -2.33. The van der Waals surface area contributed by atoms with Gasteiger partial charge in [0.2, 0.25) is 0 Å². The Morgan fingerprint density at radius 2 is 1.77 bits per heavy atom. The van der Waals surface area contributed by atoms with Crippen molar-refractivity contribution in [3.05, 3.63) is 0 Å². The Bertz CT molecular complexity index is 116. The van der Waals surface area contributed by atoms with Gasteiger partial charge in [-0.2, -0.15) is 0 Å². The van der Waals surface area contributed by atoms with Gasteiger partial charge in [-0.3, -0.25) is 0 Å². The van der Waals surface area contributed by atoms with Gasteiger partial charge in [0.25, 0.3) is 0 Å². The maximum atomic E-state index is 5.92. The highest BCUT2D eigenvalue weighted by Crippen LogP contribution is 2.16. The quantitative estimate of drug-likeness (QED) is 0.656. The van der Waals surface area contributed by atoms with E-state index in [1.807, 2.05) is 0 Å². The van der Waals surface area contributed by atoms with Gasteiger partial charge in [0, 0.05) is 23.3 Å². The maximum Gasteiger partial charge on any atom is 0.0453 e. The van der Waals surface area contributed by atoms with Crippen LogP contribution < -0.4 is 5.32 Å². The van der Waals surface area contributed by atoms with Crippen LogP contribution in [-0.2, 0) is 0 Å². The molecule has 13 heavy (non-hydrogen) atoms. The Morgan fingerprint density at radius 3 is 2.08 bits per heavy atom. The summed E-state index contributed by atoms with van der Waals surface area (Å²) in [5, 5.41) is 3.52. The van der Waals surface area contributed by atoms with Crippen molar-refractivity contribution in [1.82, 2.24) is 5.32 Å². The van der Waals surface area contributed by atoms with Crippen LogP contribution in [0, 0.1) is 0 Å². The van der Waals surface area contributed by atoms with E-state index in [9.17, 15) is 0 Å². The molecule has 0 aromatic rings. The standard InChI is InChI=1S/C10H21Cl2N/c1-4-6-9(3)13-10(5-2,7-11)8-12/h9,13H,4-8H2,1-3H3. The van der Waals surface area contributed by atoms with Gasteiger partial charge in [-0.05, 0) is 19.8 Å².